The molecular weight excluding hydrogens is 340 g/mol. The van der Waals surface area contributed by atoms with Gasteiger partial charge in [-0.1, -0.05) is 31.0 Å². The fourth-order valence-electron chi connectivity index (χ4n) is 4.71. The predicted octanol–water partition coefficient (Wildman–Crippen LogP) is 3.60. The zero-order valence-electron chi connectivity index (χ0n) is 15.8. The number of aryl methyl sites for hydroxylation is 1. The van der Waals surface area contributed by atoms with Gasteiger partial charge >= 0.3 is 0 Å². The van der Waals surface area contributed by atoms with E-state index >= 15 is 0 Å². The summed E-state index contributed by atoms with van der Waals surface area (Å²) in [5, 5.41) is 0. The molecule has 4 rings (SSSR count). The molecule has 0 N–H and O–H groups in total. The minimum atomic E-state index is -0.529. The Morgan fingerprint density at radius 3 is 2.41 bits per heavy atom. The first-order valence-electron chi connectivity index (χ1n) is 9.55. The Labute approximate surface area is 159 Å². The van der Waals surface area contributed by atoms with E-state index in [1.165, 1.54) is 4.90 Å². The monoisotopic (exact) mass is 364 g/mol. The maximum Gasteiger partial charge on any atom is 0.236 e. The first-order valence-corrected chi connectivity index (χ1v) is 9.55. The van der Waals surface area contributed by atoms with E-state index in [0.717, 1.165) is 42.8 Å². The van der Waals surface area contributed by atoms with Gasteiger partial charge in [0.25, 0.3) is 0 Å². The van der Waals surface area contributed by atoms with Gasteiger partial charge in [0.1, 0.15) is 0 Å². The van der Waals surface area contributed by atoms with Gasteiger partial charge in [-0.3, -0.25) is 19.3 Å². The number of benzene rings is 1. The molecular formula is C22H24N2O3. The van der Waals surface area contributed by atoms with Crippen LogP contribution in [0.5, 0.6) is 0 Å². The van der Waals surface area contributed by atoms with Crippen molar-refractivity contribution in [1.82, 2.24) is 9.47 Å². The second-order valence-electron chi connectivity index (χ2n) is 7.83. The average Bonchev–Trinajstić information content (AvgIpc) is 3.30. The standard InChI is InChI=1S/C22H24N2O3/c1-15-12-18(16(2)24(15)17-8-4-3-5-9-17)19(25)14-23-20(26)13-22(21(23)27)10-6-7-11-22/h3-5,8-9,12H,6-7,10-11,13-14H2,1-2H3. The zero-order valence-corrected chi connectivity index (χ0v) is 15.8. The van der Waals surface area contributed by atoms with Crippen LogP contribution in [0, 0.1) is 19.3 Å². The second kappa shape index (κ2) is 6.48. The summed E-state index contributed by atoms with van der Waals surface area (Å²) in [5.41, 5.74) is 2.82. The van der Waals surface area contributed by atoms with E-state index in [-0.39, 0.29) is 30.6 Å². The van der Waals surface area contributed by atoms with Crippen LogP contribution < -0.4 is 0 Å². The van der Waals surface area contributed by atoms with E-state index in [9.17, 15) is 14.4 Å². The highest BCUT2D eigenvalue weighted by Crippen LogP contribution is 2.46. The lowest BCUT2D eigenvalue weighted by molar-refractivity contribution is -0.140. The van der Waals surface area contributed by atoms with Crippen LogP contribution >= 0.6 is 0 Å². The summed E-state index contributed by atoms with van der Waals surface area (Å²) in [6.07, 6.45) is 3.77. The SMILES string of the molecule is Cc1cc(C(=O)CN2C(=O)CC3(CCCC3)C2=O)c(C)n1-c1ccccc1. The quantitative estimate of drug-likeness (QED) is 0.615. The molecule has 1 aromatic heterocycles. The number of nitrogens with zero attached hydrogens (tertiary/aromatic N) is 2. The Morgan fingerprint density at radius 1 is 1.07 bits per heavy atom. The number of imide groups is 1. The molecule has 5 nitrogen and oxygen atoms in total. The number of aromatic nitrogens is 1. The molecule has 2 amide bonds. The molecule has 1 aliphatic carbocycles. The summed E-state index contributed by atoms with van der Waals surface area (Å²) in [6, 6.07) is 11.7. The fraction of sp³-hybridized carbons (Fsp3) is 0.409. The highest BCUT2D eigenvalue weighted by atomic mass is 16.2. The maximum atomic E-state index is 13.0. The molecule has 2 fully saturated rings. The van der Waals surface area contributed by atoms with Crippen molar-refractivity contribution in [2.24, 2.45) is 5.41 Å². The van der Waals surface area contributed by atoms with Gasteiger partial charge in [0.15, 0.2) is 5.78 Å². The van der Waals surface area contributed by atoms with E-state index in [0.29, 0.717) is 5.56 Å². The molecule has 0 radical (unpaired) electrons. The van der Waals surface area contributed by atoms with Gasteiger partial charge in [-0.15, -0.1) is 0 Å². The van der Waals surface area contributed by atoms with E-state index in [1.807, 2.05) is 54.8 Å². The molecule has 1 saturated heterocycles. The molecule has 0 unspecified atom stereocenters. The number of ketones is 1. The van der Waals surface area contributed by atoms with Crippen LogP contribution in [0.1, 0.15) is 53.8 Å². The van der Waals surface area contributed by atoms with Gasteiger partial charge in [-0.25, -0.2) is 0 Å². The number of likely N-dealkylation sites (tertiary alicyclic amines) is 1. The van der Waals surface area contributed by atoms with E-state index in [4.69, 9.17) is 0 Å². The normalized spacial score (nSPS) is 18.7. The number of rotatable bonds is 4. The molecule has 1 saturated carbocycles. The first-order chi connectivity index (χ1) is 12.9. The van der Waals surface area contributed by atoms with Crippen LogP contribution in [0.25, 0.3) is 5.69 Å². The molecule has 0 bridgehead atoms. The van der Waals surface area contributed by atoms with Crippen LogP contribution in [-0.2, 0) is 9.59 Å². The summed E-state index contributed by atoms with van der Waals surface area (Å²) < 4.78 is 2.03. The Morgan fingerprint density at radius 2 is 1.74 bits per heavy atom. The van der Waals surface area contributed by atoms with Gasteiger partial charge in [0.2, 0.25) is 11.8 Å². The summed E-state index contributed by atoms with van der Waals surface area (Å²) in [5.74, 6) is -0.524. The van der Waals surface area contributed by atoms with Crippen LogP contribution in [-0.4, -0.2) is 33.6 Å². The summed E-state index contributed by atoms with van der Waals surface area (Å²) in [7, 11) is 0. The lowest BCUT2D eigenvalue weighted by Gasteiger charge is -2.20. The third kappa shape index (κ3) is 2.82. The highest BCUT2D eigenvalue weighted by molar-refractivity contribution is 6.10. The Balaban J connectivity index is 1.59. The number of amides is 2. The third-order valence-electron chi connectivity index (χ3n) is 6.10. The molecule has 140 valence electrons. The first kappa shape index (κ1) is 17.7. The van der Waals surface area contributed by atoms with E-state index < -0.39 is 5.41 Å². The third-order valence-corrected chi connectivity index (χ3v) is 6.10. The minimum absolute atomic E-state index is 0.143. The smallest absolute Gasteiger partial charge is 0.236 e. The fourth-order valence-corrected chi connectivity index (χ4v) is 4.71. The van der Waals surface area contributed by atoms with Crippen molar-refractivity contribution in [2.75, 3.05) is 6.54 Å². The van der Waals surface area contributed by atoms with Crippen molar-refractivity contribution in [3.63, 3.8) is 0 Å². The van der Waals surface area contributed by atoms with Gasteiger partial charge in [0.05, 0.1) is 12.0 Å². The molecule has 5 heteroatoms. The summed E-state index contributed by atoms with van der Waals surface area (Å²) in [6.45, 7) is 3.70. The van der Waals surface area contributed by atoms with Crippen molar-refractivity contribution in [2.45, 2.75) is 46.0 Å². The van der Waals surface area contributed by atoms with Crippen LogP contribution in [0.2, 0.25) is 0 Å². The number of carbonyl (C=O) groups is 3. The van der Waals surface area contributed by atoms with E-state index in [1.54, 1.807) is 0 Å². The second-order valence-corrected chi connectivity index (χ2v) is 7.83. The summed E-state index contributed by atoms with van der Waals surface area (Å²) >= 11 is 0. The van der Waals surface area contributed by atoms with Crippen LogP contribution in [0.3, 0.4) is 0 Å². The minimum Gasteiger partial charge on any atom is -0.318 e. The molecule has 1 aliphatic heterocycles. The number of hydrogen-bond donors (Lipinski definition) is 0. The van der Waals surface area contributed by atoms with Crippen molar-refractivity contribution < 1.29 is 14.4 Å². The molecule has 2 aliphatic rings. The number of hydrogen-bond acceptors (Lipinski definition) is 3. The molecule has 2 aromatic rings. The van der Waals surface area contributed by atoms with Crippen molar-refractivity contribution in [1.29, 1.82) is 0 Å². The zero-order chi connectivity index (χ0) is 19.2. The number of para-hydroxylation sites is 1. The van der Waals surface area contributed by atoms with Gasteiger partial charge in [-0.05, 0) is 44.9 Å². The average molecular weight is 364 g/mol. The number of carbonyl (C=O) groups excluding carboxylic acids is 3. The Kier molecular flexibility index (Phi) is 4.25. The number of Topliss-reactive ketones (excluding diaryl/α,β-unsaturated/α-hetero) is 1. The topological polar surface area (TPSA) is 59.4 Å². The lowest BCUT2D eigenvalue weighted by atomic mass is 9.84. The van der Waals surface area contributed by atoms with Gasteiger partial charge < -0.3 is 4.57 Å². The molecule has 2 heterocycles. The predicted molar refractivity (Wildman–Crippen MR) is 102 cm³/mol. The van der Waals surface area contributed by atoms with Crippen molar-refractivity contribution >= 4 is 17.6 Å². The largest absolute Gasteiger partial charge is 0.318 e. The Hall–Kier alpha value is -2.69. The summed E-state index contributed by atoms with van der Waals surface area (Å²) in [4.78, 5) is 39.4. The van der Waals surface area contributed by atoms with Gasteiger partial charge in [-0.2, -0.15) is 0 Å². The molecule has 27 heavy (non-hydrogen) atoms. The van der Waals surface area contributed by atoms with Crippen molar-refractivity contribution in [3.8, 4) is 5.69 Å². The van der Waals surface area contributed by atoms with Crippen LogP contribution in [0.15, 0.2) is 36.4 Å². The highest BCUT2D eigenvalue weighted by Gasteiger charge is 2.52. The Bertz CT molecular complexity index is 921. The van der Waals surface area contributed by atoms with Gasteiger partial charge in [0, 0.05) is 29.1 Å². The molecule has 1 spiro atoms. The maximum absolute atomic E-state index is 13.0. The van der Waals surface area contributed by atoms with Crippen LogP contribution in [0.4, 0.5) is 0 Å². The molecule has 1 aromatic carbocycles. The lowest BCUT2D eigenvalue weighted by Crippen LogP contribution is -2.38. The molecule has 0 atom stereocenters. The van der Waals surface area contributed by atoms with E-state index in [2.05, 4.69) is 0 Å². The van der Waals surface area contributed by atoms with Crippen molar-refractivity contribution in [3.05, 3.63) is 53.3 Å².